The Morgan fingerprint density at radius 2 is 1.77 bits per heavy atom. The number of hydrogen-bond acceptors (Lipinski definition) is 5. The highest BCUT2D eigenvalue weighted by Gasteiger charge is 2.14. The Morgan fingerprint density at radius 1 is 1.03 bits per heavy atom. The largest absolute Gasteiger partial charge is 0.378 e. The van der Waals surface area contributed by atoms with E-state index in [1.165, 1.54) is 11.3 Å². The molecule has 0 N–H and O–H groups in total. The molecule has 0 saturated carbocycles. The average Bonchev–Trinajstić information content (AvgIpc) is 3.11. The zero-order chi connectivity index (χ0) is 21.1. The molecule has 0 bridgehead atoms. The van der Waals surface area contributed by atoms with Crippen LogP contribution in [0.1, 0.15) is 11.4 Å². The molecule has 158 valence electrons. The summed E-state index contributed by atoms with van der Waals surface area (Å²) in [6.07, 6.45) is 0. The van der Waals surface area contributed by atoms with Crippen LogP contribution >= 0.6 is 23.2 Å². The fraction of sp³-hybridized carbons (Fsp3) is 0.364. The first-order chi connectivity index (χ1) is 14.5. The third kappa shape index (κ3) is 4.95. The van der Waals surface area contributed by atoms with Gasteiger partial charge in [-0.05, 0) is 49.9 Å². The van der Waals surface area contributed by atoms with Crippen LogP contribution in [-0.4, -0.2) is 53.0 Å². The van der Waals surface area contributed by atoms with Gasteiger partial charge in [-0.3, -0.25) is 4.90 Å². The van der Waals surface area contributed by atoms with E-state index in [-0.39, 0.29) is 0 Å². The molecule has 0 aliphatic carbocycles. The van der Waals surface area contributed by atoms with Crippen LogP contribution in [-0.2, 0) is 18.0 Å². The first-order valence-corrected chi connectivity index (χ1v) is 10.7. The van der Waals surface area contributed by atoms with E-state index in [1.807, 2.05) is 23.7 Å². The van der Waals surface area contributed by atoms with Crippen molar-refractivity contribution in [2.24, 2.45) is 0 Å². The molecule has 0 spiro atoms. The average molecular weight is 446 g/mol. The second-order valence-electron chi connectivity index (χ2n) is 7.53. The summed E-state index contributed by atoms with van der Waals surface area (Å²) in [5.74, 6) is 1.50. The van der Waals surface area contributed by atoms with Crippen LogP contribution in [0.2, 0.25) is 10.0 Å². The van der Waals surface area contributed by atoms with E-state index in [4.69, 9.17) is 27.9 Å². The monoisotopic (exact) mass is 445 g/mol. The fourth-order valence-electron chi connectivity index (χ4n) is 3.63. The number of aryl methyl sites for hydroxylation is 1. The second kappa shape index (κ2) is 9.35. The first kappa shape index (κ1) is 21.1. The summed E-state index contributed by atoms with van der Waals surface area (Å²) in [4.78, 5) is 9.15. The van der Waals surface area contributed by atoms with Gasteiger partial charge in [0, 0.05) is 30.9 Å². The van der Waals surface area contributed by atoms with E-state index >= 15 is 0 Å². The summed E-state index contributed by atoms with van der Waals surface area (Å²) in [6.45, 7) is 6.80. The van der Waals surface area contributed by atoms with Gasteiger partial charge in [0.1, 0.15) is 5.82 Å². The minimum atomic E-state index is 0.509. The summed E-state index contributed by atoms with van der Waals surface area (Å²) < 4.78 is 7.33. The van der Waals surface area contributed by atoms with Crippen LogP contribution in [0.4, 0.5) is 5.69 Å². The molecule has 4 rings (SSSR count). The predicted octanol–water partition coefficient (Wildman–Crippen LogP) is 4.49. The van der Waals surface area contributed by atoms with Gasteiger partial charge in [-0.25, -0.2) is 9.67 Å². The molecule has 8 heteroatoms. The number of anilines is 1. The van der Waals surface area contributed by atoms with Crippen molar-refractivity contribution in [2.75, 3.05) is 38.3 Å². The molecule has 0 unspecified atom stereocenters. The standard InChI is InChI=1S/C22H25Cl2N5O/c1-16-25-22(18-5-8-20(23)21(24)13-18)29(26-16)15-27(2)14-17-3-6-19(7-4-17)28-9-11-30-12-10-28/h3-8,13H,9-12,14-15H2,1-2H3. The lowest BCUT2D eigenvalue weighted by atomic mass is 10.2. The van der Waals surface area contributed by atoms with Gasteiger partial charge in [0.25, 0.3) is 0 Å². The Balaban J connectivity index is 1.44. The zero-order valence-electron chi connectivity index (χ0n) is 17.2. The maximum atomic E-state index is 6.19. The van der Waals surface area contributed by atoms with E-state index < -0.39 is 0 Å². The van der Waals surface area contributed by atoms with Crippen molar-refractivity contribution >= 4 is 28.9 Å². The lowest BCUT2D eigenvalue weighted by Gasteiger charge is -2.29. The molecule has 2 heterocycles. The maximum absolute atomic E-state index is 6.19. The minimum absolute atomic E-state index is 0.509. The van der Waals surface area contributed by atoms with E-state index in [0.29, 0.717) is 16.7 Å². The van der Waals surface area contributed by atoms with E-state index in [2.05, 4.69) is 51.2 Å². The zero-order valence-corrected chi connectivity index (χ0v) is 18.7. The van der Waals surface area contributed by atoms with Crippen molar-refractivity contribution in [3.05, 3.63) is 63.9 Å². The number of halogens is 2. The molecule has 0 radical (unpaired) electrons. The maximum Gasteiger partial charge on any atom is 0.159 e. The molecular formula is C22H25Cl2N5O. The molecule has 1 saturated heterocycles. The Hall–Kier alpha value is -2.12. The van der Waals surface area contributed by atoms with Crippen LogP contribution in [0, 0.1) is 6.92 Å². The number of nitrogens with zero attached hydrogens (tertiary/aromatic N) is 5. The molecule has 1 aromatic heterocycles. The van der Waals surface area contributed by atoms with E-state index in [9.17, 15) is 0 Å². The first-order valence-electron chi connectivity index (χ1n) is 9.96. The molecule has 2 aromatic carbocycles. The predicted molar refractivity (Wildman–Crippen MR) is 121 cm³/mol. The van der Waals surface area contributed by atoms with Gasteiger partial charge in [0.2, 0.25) is 0 Å². The topological polar surface area (TPSA) is 46.4 Å². The van der Waals surface area contributed by atoms with E-state index in [0.717, 1.165) is 50.1 Å². The second-order valence-corrected chi connectivity index (χ2v) is 8.35. The highest BCUT2D eigenvalue weighted by atomic mass is 35.5. The highest BCUT2D eigenvalue weighted by molar-refractivity contribution is 6.42. The van der Waals surface area contributed by atoms with Crippen molar-refractivity contribution in [1.29, 1.82) is 0 Å². The Labute approximate surface area is 187 Å². The van der Waals surface area contributed by atoms with Gasteiger partial charge in [0.15, 0.2) is 5.82 Å². The van der Waals surface area contributed by atoms with Gasteiger partial charge in [0.05, 0.1) is 29.9 Å². The van der Waals surface area contributed by atoms with Gasteiger partial charge in [-0.1, -0.05) is 35.3 Å². The molecular weight excluding hydrogens is 421 g/mol. The summed E-state index contributed by atoms with van der Waals surface area (Å²) in [5.41, 5.74) is 3.40. The summed E-state index contributed by atoms with van der Waals surface area (Å²) in [5, 5.41) is 5.60. The number of hydrogen-bond donors (Lipinski definition) is 0. The molecule has 1 aliphatic rings. The lowest BCUT2D eigenvalue weighted by molar-refractivity contribution is 0.122. The number of ether oxygens (including phenoxy) is 1. The van der Waals surface area contributed by atoms with Gasteiger partial charge >= 0.3 is 0 Å². The Kier molecular flexibility index (Phi) is 6.58. The quantitative estimate of drug-likeness (QED) is 0.559. The molecule has 6 nitrogen and oxygen atoms in total. The number of rotatable bonds is 6. The normalized spacial score (nSPS) is 14.5. The molecule has 3 aromatic rings. The van der Waals surface area contributed by atoms with Crippen LogP contribution in [0.25, 0.3) is 11.4 Å². The van der Waals surface area contributed by atoms with Crippen LogP contribution in [0.5, 0.6) is 0 Å². The van der Waals surface area contributed by atoms with Crippen molar-refractivity contribution in [3.63, 3.8) is 0 Å². The Morgan fingerprint density at radius 3 is 2.47 bits per heavy atom. The number of benzene rings is 2. The number of aromatic nitrogens is 3. The SMILES string of the molecule is Cc1nc(-c2ccc(Cl)c(Cl)c2)n(CN(C)Cc2ccc(N3CCOCC3)cc2)n1. The molecule has 1 fully saturated rings. The van der Waals surface area contributed by atoms with Crippen LogP contribution in [0.15, 0.2) is 42.5 Å². The number of morpholine rings is 1. The van der Waals surface area contributed by atoms with Gasteiger partial charge in [-0.2, -0.15) is 5.10 Å². The summed E-state index contributed by atoms with van der Waals surface area (Å²) >= 11 is 12.3. The molecule has 0 atom stereocenters. The third-order valence-corrected chi connectivity index (χ3v) is 5.83. The van der Waals surface area contributed by atoms with Crippen LogP contribution < -0.4 is 4.90 Å². The highest BCUT2D eigenvalue weighted by Crippen LogP contribution is 2.28. The lowest BCUT2D eigenvalue weighted by Crippen LogP contribution is -2.36. The van der Waals surface area contributed by atoms with Crippen LogP contribution in [0.3, 0.4) is 0 Å². The molecule has 1 aliphatic heterocycles. The van der Waals surface area contributed by atoms with Crippen molar-refractivity contribution in [2.45, 2.75) is 20.1 Å². The van der Waals surface area contributed by atoms with Crippen molar-refractivity contribution in [1.82, 2.24) is 19.7 Å². The smallest absolute Gasteiger partial charge is 0.159 e. The third-order valence-electron chi connectivity index (χ3n) is 5.10. The minimum Gasteiger partial charge on any atom is -0.378 e. The Bertz CT molecular complexity index is 999. The molecule has 30 heavy (non-hydrogen) atoms. The fourth-order valence-corrected chi connectivity index (χ4v) is 3.92. The van der Waals surface area contributed by atoms with Gasteiger partial charge in [-0.15, -0.1) is 0 Å². The molecule has 0 amide bonds. The van der Waals surface area contributed by atoms with Crippen molar-refractivity contribution in [3.8, 4) is 11.4 Å². The summed E-state index contributed by atoms with van der Waals surface area (Å²) in [7, 11) is 2.07. The summed E-state index contributed by atoms with van der Waals surface area (Å²) in [6, 6.07) is 14.3. The van der Waals surface area contributed by atoms with E-state index in [1.54, 1.807) is 6.07 Å². The van der Waals surface area contributed by atoms with Gasteiger partial charge < -0.3 is 9.64 Å². The van der Waals surface area contributed by atoms with Crippen molar-refractivity contribution < 1.29 is 4.74 Å².